The lowest BCUT2D eigenvalue weighted by atomic mass is 9.98. The van der Waals surface area contributed by atoms with Gasteiger partial charge in [-0.15, -0.1) is 0 Å². The highest BCUT2D eigenvalue weighted by Crippen LogP contribution is 2.26. The number of carboxylic acids is 1. The summed E-state index contributed by atoms with van der Waals surface area (Å²) < 4.78 is 10.7. The number of ether oxygens (including phenoxy) is 2. The molecule has 1 aliphatic rings. The highest BCUT2D eigenvalue weighted by molar-refractivity contribution is 5.99. The second-order valence-electron chi connectivity index (χ2n) is 6.64. The molecule has 2 amide bonds. The van der Waals surface area contributed by atoms with Crippen molar-refractivity contribution in [3.8, 4) is 11.5 Å². The molecule has 1 unspecified atom stereocenters. The zero-order valence-corrected chi connectivity index (χ0v) is 16.2. The van der Waals surface area contributed by atoms with Crippen LogP contribution in [0.4, 0.5) is 0 Å². The molecule has 0 radical (unpaired) electrons. The highest BCUT2D eigenvalue weighted by Gasteiger charge is 2.29. The van der Waals surface area contributed by atoms with Crippen LogP contribution in [0.2, 0.25) is 0 Å². The molecule has 1 fully saturated rings. The van der Waals surface area contributed by atoms with Crippen molar-refractivity contribution in [2.75, 3.05) is 40.4 Å². The van der Waals surface area contributed by atoms with Gasteiger partial charge in [0.05, 0.1) is 25.1 Å². The van der Waals surface area contributed by atoms with Crippen molar-refractivity contribution in [2.45, 2.75) is 12.8 Å². The number of hydrogen-bond acceptors (Lipinski definition) is 5. The van der Waals surface area contributed by atoms with Gasteiger partial charge in [0, 0.05) is 26.2 Å². The third kappa shape index (κ3) is 5.25. The molecule has 152 valence electrons. The topological polar surface area (TPSA) is 96.4 Å². The molecular formula is C20H26N2O6. The molecule has 1 heterocycles. The number of likely N-dealkylation sites (N-methyl/N-ethyl adjacent to an activating group) is 1. The predicted octanol–water partition coefficient (Wildman–Crippen LogP) is 1.66. The summed E-state index contributed by atoms with van der Waals surface area (Å²) in [6.07, 6.45) is 2.76. The van der Waals surface area contributed by atoms with Gasteiger partial charge in [-0.1, -0.05) is 12.7 Å². The number of rotatable bonds is 8. The van der Waals surface area contributed by atoms with Crippen LogP contribution in [0.25, 0.3) is 0 Å². The van der Waals surface area contributed by atoms with Gasteiger partial charge in [-0.05, 0) is 25.0 Å². The molecule has 1 atom stereocenters. The van der Waals surface area contributed by atoms with E-state index < -0.39 is 11.9 Å². The Morgan fingerprint density at radius 2 is 2.14 bits per heavy atom. The van der Waals surface area contributed by atoms with Gasteiger partial charge in [0.2, 0.25) is 5.91 Å². The first-order valence-electron chi connectivity index (χ1n) is 9.05. The zero-order chi connectivity index (χ0) is 20.7. The lowest BCUT2D eigenvalue weighted by Gasteiger charge is -2.32. The van der Waals surface area contributed by atoms with Crippen LogP contribution in [0, 0.1) is 5.92 Å². The number of aliphatic carboxylic acids is 1. The predicted molar refractivity (Wildman–Crippen MR) is 103 cm³/mol. The third-order valence-corrected chi connectivity index (χ3v) is 4.62. The maximum absolute atomic E-state index is 12.8. The molecule has 0 aliphatic carbocycles. The smallest absolute Gasteiger partial charge is 0.308 e. The molecule has 1 aromatic rings. The van der Waals surface area contributed by atoms with Gasteiger partial charge < -0.3 is 24.4 Å². The molecule has 2 rings (SSSR count). The summed E-state index contributed by atoms with van der Waals surface area (Å²) in [7, 11) is 3.04. The maximum atomic E-state index is 12.8. The lowest BCUT2D eigenvalue weighted by molar-refractivity contribution is -0.145. The Hall–Kier alpha value is -3.03. The average molecular weight is 390 g/mol. The number of methoxy groups -OCH3 is 1. The van der Waals surface area contributed by atoms with Crippen molar-refractivity contribution in [3.63, 3.8) is 0 Å². The molecule has 0 saturated carbocycles. The largest absolute Gasteiger partial charge is 0.497 e. The van der Waals surface area contributed by atoms with Crippen LogP contribution < -0.4 is 9.47 Å². The molecule has 1 aromatic carbocycles. The van der Waals surface area contributed by atoms with Crippen LogP contribution in [-0.4, -0.2) is 73.1 Å². The first kappa shape index (κ1) is 21.3. The zero-order valence-electron chi connectivity index (χ0n) is 16.2. The monoisotopic (exact) mass is 390 g/mol. The first-order valence-corrected chi connectivity index (χ1v) is 9.05. The second-order valence-corrected chi connectivity index (χ2v) is 6.64. The van der Waals surface area contributed by atoms with Gasteiger partial charge in [0.15, 0.2) is 0 Å². The lowest BCUT2D eigenvalue weighted by Crippen LogP contribution is -2.46. The van der Waals surface area contributed by atoms with E-state index in [2.05, 4.69) is 6.58 Å². The SMILES string of the molecule is C=CCOc1cc(OC)ccc1C(=O)N(C)CC(=O)N1CCCC(C(=O)O)C1. The minimum Gasteiger partial charge on any atom is -0.497 e. The number of nitrogens with zero attached hydrogens (tertiary/aromatic N) is 2. The number of hydrogen-bond donors (Lipinski definition) is 1. The van der Waals surface area contributed by atoms with Crippen LogP contribution >= 0.6 is 0 Å². The fourth-order valence-corrected chi connectivity index (χ4v) is 3.06. The van der Waals surface area contributed by atoms with E-state index in [0.717, 1.165) is 0 Å². The minimum atomic E-state index is -0.899. The van der Waals surface area contributed by atoms with Crippen molar-refractivity contribution in [1.82, 2.24) is 9.80 Å². The molecule has 0 bridgehead atoms. The summed E-state index contributed by atoms with van der Waals surface area (Å²) in [6.45, 7) is 4.35. The van der Waals surface area contributed by atoms with Gasteiger partial charge in [-0.3, -0.25) is 14.4 Å². The summed E-state index contributed by atoms with van der Waals surface area (Å²) in [4.78, 5) is 39.4. The van der Waals surface area contributed by atoms with E-state index in [1.165, 1.54) is 24.0 Å². The Morgan fingerprint density at radius 3 is 2.79 bits per heavy atom. The number of carbonyl (C=O) groups is 3. The Balaban J connectivity index is 2.08. The van der Waals surface area contributed by atoms with Crippen molar-refractivity contribution < 1.29 is 29.0 Å². The fourth-order valence-electron chi connectivity index (χ4n) is 3.06. The molecule has 0 aromatic heterocycles. The average Bonchev–Trinajstić information content (AvgIpc) is 2.71. The van der Waals surface area contributed by atoms with Gasteiger partial charge in [-0.25, -0.2) is 0 Å². The summed E-state index contributed by atoms with van der Waals surface area (Å²) in [5, 5.41) is 9.17. The molecule has 1 saturated heterocycles. The van der Waals surface area contributed by atoms with Crippen LogP contribution in [0.1, 0.15) is 23.2 Å². The van der Waals surface area contributed by atoms with Gasteiger partial charge >= 0.3 is 5.97 Å². The van der Waals surface area contributed by atoms with E-state index in [-0.39, 0.29) is 31.5 Å². The van der Waals surface area contributed by atoms with Crippen molar-refractivity contribution in [1.29, 1.82) is 0 Å². The third-order valence-electron chi connectivity index (χ3n) is 4.62. The number of carbonyl (C=O) groups excluding carboxylic acids is 2. The molecule has 8 heteroatoms. The van der Waals surface area contributed by atoms with Crippen LogP contribution in [0.3, 0.4) is 0 Å². The molecule has 28 heavy (non-hydrogen) atoms. The second kappa shape index (κ2) is 9.77. The number of carboxylic acid groups (broad SMARTS) is 1. The summed E-state index contributed by atoms with van der Waals surface area (Å²) in [6, 6.07) is 4.84. The number of likely N-dealkylation sites (tertiary alicyclic amines) is 1. The Morgan fingerprint density at radius 1 is 1.39 bits per heavy atom. The van der Waals surface area contributed by atoms with Crippen molar-refractivity contribution in [3.05, 3.63) is 36.4 Å². The Kier molecular flexibility index (Phi) is 7.43. The number of piperidine rings is 1. The van der Waals surface area contributed by atoms with Crippen LogP contribution in [0.5, 0.6) is 11.5 Å². The molecule has 1 N–H and O–H groups in total. The van der Waals surface area contributed by atoms with E-state index in [9.17, 15) is 14.4 Å². The minimum absolute atomic E-state index is 0.141. The van der Waals surface area contributed by atoms with Crippen molar-refractivity contribution in [2.24, 2.45) is 5.92 Å². The Labute approximate surface area is 164 Å². The molecule has 1 aliphatic heterocycles. The summed E-state index contributed by atoms with van der Waals surface area (Å²) in [5.74, 6) is -1.22. The quantitative estimate of drug-likeness (QED) is 0.678. The van der Waals surface area contributed by atoms with E-state index in [4.69, 9.17) is 14.6 Å². The maximum Gasteiger partial charge on any atom is 0.308 e. The van der Waals surface area contributed by atoms with Crippen LogP contribution in [-0.2, 0) is 9.59 Å². The van der Waals surface area contributed by atoms with E-state index in [1.807, 2.05) is 0 Å². The van der Waals surface area contributed by atoms with Gasteiger partial charge in [0.25, 0.3) is 5.91 Å². The van der Waals surface area contributed by atoms with Gasteiger partial charge in [0.1, 0.15) is 18.1 Å². The van der Waals surface area contributed by atoms with Gasteiger partial charge in [-0.2, -0.15) is 0 Å². The summed E-state index contributed by atoms with van der Waals surface area (Å²) >= 11 is 0. The fraction of sp³-hybridized carbons (Fsp3) is 0.450. The van der Waals surface area contributed by atoms with E-state index >= 15 is 0 Å². The standard InChI is InChI=1S/C20H26N2O6/c1-4-10-28-17-11-15(27-3)7-8-16(17)19(24)21(2)13-18(23)22-9-5-6-14(12-22)20(25)26/h4,7-8,11,14H,1,5-6,9-10,12-13H2,2-3H3,(H,25,26). The number of amides is 2. The number of benzene rings is 1. The summed E-state index contributed by atoms with van der Waals surface area (Å²) in [5.41, 5.74) is 0.306. The highest BCUT2D eigenvalue weighted by atomic mass is 16.5. The molecular weight excluding hydrogens is 364 g/mol. The van der Waals surface area contributed by atoms with Crippen molar-refractivity contribution >= 4 is 17.8 Å². The molecule has 8 nitrogen and oxygen atoms in total. The first-order chi connectivity index (χ1) is 13.4. The normalized spacial score (nSPS) is 16.2. The van der Waals surface area contributed by atoms with E-state index in [0.29, 0.717) is 36.4 Å². The molecule has 0 spiro atoms. The van der Waals surface area contributed by atoms with Crippen LogP contribution in [0.15, 0.2) is 30.9 Å². The Bertz CT molecular complexity index is 748. The van der Waals surface area contributed by atoms with E-state index in [1.54, 1.807) is 24.3 Å².